The number of imidazole rings is 1. The highest BCUT2D eigenvalue weighted by atomic mass is 32.2. The van der Waals surface area contributed by atoms with Gasteiger partial charge >= 0.3 is 5.97 Å². The third kappa shape index (κ3) is 2.05. The zero-order chi connectivity index (χ0) is 12.5. The van der Waals surface area contributed by atoms with E-state index in [1.54, 1.807) is 6.33 Å². The molecule has 1 N–H and O–H groups in total. The second-order valence-corrected chi connectivity index (χ2v) is 5.31. The standard InChI is InChI=1S/C11H12N4O2S/c1-17-11(16)8(6-2-3-6)18-10-7-9(13-4-12-7)14-5-15-10/h4-6,8H,2-3H2,1H3,(H,12,13,14,15). The van der Waals surface area contributed by atoms with Gasteiger partial charge in [-0.15, -0.1) is 0 Å². The van der Waals surface area contributed by atoms with E-state index < -0.39 is 0 Å². The number of nitrogens with one attached hydrogen (secondary N) is 1. The molecule has 0 aliphatic heterocycles. The molecule has 1 aliphatic carbocycles. The Bertz CT molecular complexity index is 581. The van der Waals surface area contributed by atoms with Crippen LogP contribution in [0.15, 0.2) is 17.7 Å². The summed E-state index contributed by atoms with van der Waals surface area (Å²) >= 11 is 1.43. The van der Waals surface area contributed by atoms with E-state index >= 15 is 0 Å². The second kappa shape index (κ2) is 4.56. The van der Waals surface area contributed by atoms with Crippen molar-refractivity contribution in [2.75, 3.05) is 7.11 Å². The largest absolute Gasteiger partial charge is 0.468 e. The van der Waals surface area contributed by atoms with Crippen molar-refractivity contribution in [3.63, 3.8) is 0 Å². The number of fused-ring (bicyclic) bond motifs is 1. The van der Waals surface area contributed by atoms with Crippen LogP contribution >= 0.6 is 11.8 Å². The van der Waals surface area contributed by atoms with Crippen LogP contribution in [-0.2, 0) is 9.53 Å². The average Bonchev–Trinajstić information content (AvgIpc) is 3.11. The zero-order valence-corrected chi connectivity index (χ0v) is 10.6. The van der Waals surface area contributed by atoms with Crippen LogP contribution in [0.3, 0.4) is 0 Å². The average molecular weight is 264 g/mol. The maximum absolute atomic E-state index is 11.8. The van der Waals surface area contributed by atoms with Crippen LogP contribution in [0.2, 0.25) is 0 Å². The third-order valence-electron chi connectivity index (χ3n) is 2.91. The van der Waals surface area contributed by atoms with Crippen molar-refractivity contribution >= 4 is 28.9 Å². The Kier molecular flexibility index (Phi) is 2.91. The highest BCUT2D eigenvalue weighted by Gasteiger charge is 2.38. The number of H-pyrrole nitrogens is 1. The minimum absolute atomic E-state index is 0.184. The number of methoxy groups -OCH3 is 1. The number of nitrogens with zero attached hydrogens (tertiary/aromatic N) is 3. The van der Waals surface area contributed by atoms with Gasteiger partial charge in [0, 0.05) is 0 Å². The van der Waals surface area contributed by atoms with Crippen molar-refractivity contribution in [1.82, 2.24) is 19.9 Å². The van der Waals surface area contributed by atoms with E-state index in [4.69, 9.17) is 4.74 Å². The number of aromatic amines is 1. The fourth-order valence-electron chi connectivity index (χ4n) is 1.80. The van der Waals surface area contributed by atoms with Gasteiger partial charge in [0.05, 0.1) is 13.4 Å². The van der Waals surface area contributed by atoms with Crippen LogP contribution in [-0.4, -0.2) is 38.3 Å². The summed E-state index contributed by atoms with van der Waals surface area (Å²) in [6.07, 6.45) is 5.19. The molecule has 2 aromatic rings. The lowest BCUT2D eigenvalue weighted by Gasteiger charge is -2.12. The van der Waals surface area contributed by atoms with E-state index in [9.17, 15) is 4.79 Å². The number of esters is 1. The lowest BCUT2D eigenvalue weighted by Crippen LogP contribution is -2.21. The molecule has 94 valence electrons. The van der Waals surface area contributed by atoms with E-state index in [1.807, 2.05) is 0 Å². The van der Waals surface area contributed by atoms with Gasteiger partial charge in [-0.05, 0) is 18.8 Å². The summed E-state index contributed by atoms with van der Waals surface area (Å²) in [5.74, 6) is 0.212. The fraction of sp³-hybridized carbons (Fsp3) is 0.455. The van der Waals surface area contributed by atoms with E-state index in [-0.39, 0.29) is 11.2 Å². The van der Waals surface area contributed by atoms with Gasteiger partial charge in [-0.2, -0.15) is 0 Å². The van der Waals surface area contributed by atoms with Gasteiger partial charge in [-0.1, -0.05) is 11.8 Å². The molecular formula is C11H12N4O2S. The van der Waals surface area contributed by atoms with Crippen molar-refractivity contribution in [2.45, 2.75) is 23.1 Å². The Hall–Kier alpha value is -1.63. The van der Waals surface area contributed by atoms with E-state index in [0.717, 1.165) is 23.4 Å². The lowest BCUT2D eigenvalue weighted by atomic mass is 10.3. The maximum Gasteiger partial charge on any atom is 0.319 e. The summed E-state index contributed by atoms with van der Waals surface area (Å²) in [6.45, 7) is 0. The summed E-state index contributed by atoms with van der Waals surface area (Å²) in [6, 6.07) is 0. The van der Waals surface area contributed by atoms with Gasteiger partial charge in [0.25, 0.3) is 0 Å². The van der Waals surface area contributed by atoms with Gasteiger partial charge in [-0.3, -0.25) is 4.79 Å². The number of hydrogen-bond acceptors (Lipinski definition) is 6. The molecule has 0 saturated heterocycles. The normalized spacial score (nSPS) is 16.7. The van der Waals surface area contributed by atoms with Crippen molar-refractivity contribution < 1.29 is 9.53 Å². The quantitative estimate of drug-likeness (QED) is 0.510. The first kappa shape index (κ1) is 11.5. The number of rotatable bonds is 4. The molecule has 0 aromatic carbocycles. The summed E-state index contributed by atoms with van der Waals surface area (Å²) in [5.41, 5.74) is 1.39. The summed E-state index contributed by atoms with van der Waals surface area (Å²) < 4.78 is 4.85. The summed E-state index contributed by atoms with van der Waals surface area (Å²) in [5, 5.41) is 0.566. The van der Waals surface area contributed by atoms with Gasteiger partial charge in [0.15, 0.2) is 5.65 Å². The second-order valence-electron chi connectivity index (χ2n) is 4.18. The first-order chi connectivity index (χ1) is 8.79. The van der Waals surface area contributed by atoms with Gasteiger partial charge in [0.1, 0.15) is 22.1 Å². The first-order valence-corrected chi connectivity index (χ1v) is 6.56. The first-order valence-electron chi connectivity index (χ1n) is 5.68. The number of hydrogen-bond donors (Lipinski definition) is 1. The Morgan fingerprint density at radius 1 is 1.50 bits per heavy atom. The zero-order valence-electron chi connectivity index (χ0n) is 9.79. The minimum Gasteiger partial charge on any atom is -0.468 e. The molecule has 6 nitrogen and oxygen atoms in total. The van der Waals surface area contributed by atoms with Gasteiger partial charge in [0.2, 0.25) is 0 Å². The molecule has 1 saturated carbocycles. The molecule has 0 bridgehead atoms. The topological polar surface area (TPSA) is 80.8 Å². The molecule has 18 heavy (non-hydrogen) atoms. The molecule has 1 atom stereocenters. The van der Waals surface area contributed by atoms with E-state index in [2.05, 4.69) is 19.9 Å². The number of thioether (sulfide) groups is 1. The van der Waals surface area contributed by atoms with Gasteiger partial charge < -0.3 is 9.72 Å². The van der Waals surface area contributed by atoms with Crippen LogP contribution in [0.5, 0.6) is 0 Å². The molecule has 0 spiro atoms. The molecule has 7 heteroatoms. The smallest absolute Gasteiger partial charge is 0.319 e. The number of aromatic nitrogens is 4. The van der Waals surface area contributed by atoms with E-state index in [0.29, 0.717) is 11.6 Å². The number of carbonyl (C=O) groups excluding carboxylic acids is 1. The van der Waals surface area contributed by atoms with Crippen LogP contribution in [0, 0.1) is 5.92 Å². The minimum atomic E-state index is -0.186. The number of ether oxygens (including phenoxy) is 1. The van der Waals surface area contributed by atoms with Crippen molar-refractivity contribution in [3.8, 4) is 0 Å². The van der Waals surface area contributed by atoms with Crippen LogP contribution in [0.25, 0.3) is 11.2 Å². The molecular weight excluding hydrogens is 252 g/mol. The highest BCUT2D eigenvalue weighted by Crippen LogP contribution is 2.42. The Labute approximate surface area is 108 Å². The molecule has 1 aliphatic rings. The predicted octanol–water partition coefficient (Wildman–Crippen LogP) is 1.40. The molecule has 0 radical (unpaired) electrons. The summed E-state index contributed by atoms with van der Waals surface area (Å²) in [7, 11) is 1.42. The highest BCUT2D eigenvalue weighted by molar-refractivity contribution is 8.00. The predicted molar refractivity (Wildman–Crippen MR) is 66.1 cm³/mol. The Morgan fingerprint density at radius 2 is 2.33 bits per heavy atom. The molecule has 3 rings (SSSR count). The fourth-order valence-corrected chi connectivity index (χ4v) is 3.08. The molecule has 2 aromatic heterocycles. The monoisotopic (exact) mass is 264 g/mol. The van der Waals surface area contributed by atoms with Crippen LogP contribution in [0.4, 0.5) is 0 Å². The van der Waals surface area contributed by atoms with Crippen LogP contribution in [0.1, 0.15) is 12.8 Å². The summed E-state index contributed by atoms with van der Waals surface area (Å²) in [4.78, 5) is 27.1. The Balaban J connectivity index is 1.90. The van der Waals surface area contributed by atoms with E-state index in [1.165, 1.54) is 25.2 Å². The SMILES string of the molecule is COC(=O)C(Sc1ncnc2nc[nH]c12)C1CC1. The lowest BCUT2D eigenvalue weighted by molar-refractivity contribution is -0.140. The Morgan fingerprint density at radius 3 is 3.06 bits per heavy atom. The maximum atomic E-state index is 11.8. The third-order valence-corrected chi connectivity index (χ3v) is 4.27. The van der Waals surface area contributed by atoms with Crippen LogP contribution < -0.4 is 0 Å². The van der Waals surface area contributed by atoms with Crippen molar-refractivity contribution in [3.05, 3.63) is 12.7 Å². The van der Waals surface area contributed by atoms with Crippen molar-refractivity contribution in [2.24, 2.45) is 5.92 Å². The number of carbonyl (C=O) groups is 1. The molecule has 1 fully saturated rings. The molecule has 1 unspecified atom stereocenters. The molecule has 2 heterocycles. The van der Waals surface area contributed by atoms with Crippen molar-refractivity contribution in [1.29, 1.82) is 0 Å². The van der Waals surface area contributed by atoms with Gasteiger partial charge in [-0.25, -0.2) is 15.0 Å². The molecule has 0 amide bonds.